The zero-order valence-corrected chi connectivity index (χ0v) is 17.9. The minimum Gasteiger partial charge on any atom is -0.331 e. The fourth-order valence-corrected chi connectivity index (χ4v) is 4.27. The molecule has 0 atom stereocenters. The summed E-state index contributed by atoms with van der Waals surface area (Å²) in [7, 11) is 0. The van der Waals surface area contributed by atoms with Gasteiger partial charge in [0.2, 0.25) is 0 Å². The molecule has 1 aliphatic carbocycles. The molecule has 4 aromatic carbocycles. The lowest BCUT2D eigenvalue weighted by Gasteiger charge is -2.36. The normalized spacial score (nSPS) is 17.1. The van der Waals surface area contributed by atoms with Crippen molar-refractivity contribution in [1.29, 1.82) is 0 Å². The van der Waals surface area contributed by atoms with Crippen LogP contribution in [0.3, 0.4) is 0 Å². The standard InChI is InChI=1S/C30H26N2/c1-5-13-25(14-6-1)31(26-15-7-2-8-16-26)29-21-23-30(24-22-29)32(27-17-9-3-10-18-27)28-19-11-4-12-20-28/h1-24,29-30H. The van der Waals surface area contributed by atoms with Crippen molar-refractivity contribution in [1.82, 2.24) is 0 Å². The van der Waals surface area contributed by atoms with Crippen LogP contribution >= 0.6 is 0 Å². The van der Waals surface area contributed by atoms with E-state index in [1.165, 1.54) is 22.7 Å². The number of hydrogen-bond donors (Lipinski definition) is 0. The van der Waals surface area contributed by atoms with Crippen molar-refractivity contribution < 1.29 is 0 Å². The molecule has 0 fully saturated rings. The molecule has 32 heavy (non-hydrogen) atoms. The second-order valence-corrected chi connectivity index (χ2v) is 7.83. The van der Waals surface area contributed by atoms with Crippen LogP contribution < -0.4 is 9.80 Å². The summed E-state index contributed by atoms with van der Waals surface area (Å²) in [5.41, 5.74) is 4.72. The molecule has 0 N–H and O–H groups in total. The lowest BCUT2D eigenvalue weighted by molar-refractivity contribution is 0.861. The summed E-state index contributed by atoms with van der Waals surface area (Å²) in [5, 5.41) is 0. The first kappa shape index (κ1) is 19.9. The van der Waals surface area contributed by atoms with E-state index in [-0.39, 0.29) is 12.1 Å². The Hall–Kier alpha value is -4.04. The lowest BCUT2D eigenvalue weighted by Crippen LogP contribution is -2.34. The van der Waals surface area contributed by atoms with Crippen molar-refractivity contribution in [2.75, 3.05) is 9.80 Å². The van der Waals surface area contributed by atoms with Gasteiger partial charge >= 0.3 is 0 Å². The van der Waals surface area contributed by atoms with Crippen LogP contribution in [-0.4, -0.2) is 12.1 Å². The Labute approximate surface area is 190 Å². The topological polar surface area (TPSA) is 6.48 Å². The molecule has 0 radical (unpaired) electrons. The fourth-order valence-electron chi connectivity index (χ4n) is 4.27. The van der Waals surface area contributed by atoms with Gasteiger partial charge < -0.3 is 9.80 Å². The Kier molecular flexibility index (Phi) is 5.85. The van der Waals surface area contributed by atoms with Gasteiger partial charge in [-0.05, 0) is 48.5 Å². The molecule has 0 unspecified atom stereocenters. The monoisotopic (exact) mass is 414 g/mol. The predicted molar refractivity (Wildman–Crippen MR) is 136 cm³/mol. The van der Waals surface area contributed by atoms with Crippen LogP contribution in [0.1, 0.15) is 0 Å². The molecule has 0 aliphatic heterocycles. The van der Waals surface area contributed by atoms with Crippen molar-refractivity contribution in [3.05, 3.63) is 146 Å². The van der Waals surface area contributed by atoms with Crippen LogP contribution in [0, 0.1) is 0 Å². The van der Waals surface area contributed by atoms with E-state index < -0.39 is 0 Å². The summed E-state index contributed by atoms with van der Waals surface area (Å²) in [6.07, 6.45) is 9.24. The highest BCUT2D eigenvalue weighted by atomic mass is 15.2. The minimum absolute atomic E-state index is 0.143. The van der Waals surface area contributed by atoms with Crippen molar-refractivity contribution in [2.45, 2.75) is 12.1 Å². The number of benzene rings is 4. The quantitative estimate of drug-likeness (QED) is 0.301. The number of nitrogens with zero attached hydrogens (tertiary/aromatic N) is 2. The summed E-state index contributed by atoms with van der Waals surface area (Å²) in [6, 6.07) is 42.6. The average Bonchev–Trinajstić information content (AvgIpc) is 2.88. The number of para-hydroxylation sites is 4. The molecule has 0 aromatic heterocycles. The largest absolute Gasteiger partial charge is 0.331 e. The Morgan fingerprint density at radius 3 is 0.750 bits per heavy atom. The third-order valence-corrected chi connectivity index (χ3v) is 5.74. The second-order valence-electron chi connectivity index (χ2n) is 7.83. The molecule has 156 valence electrons. The van der Waals surface area contributed by atoms with Gasteiger partial charge in [0, 0.05) is 22.7 Å². The third kappa shape index (κ3) is 4.21. The van der Waals surface area contributed by atoms with E-state index in [1.54, 1.807) is 0 Å². The molecule has 1 aliphatic rings. The van der Waals surface area contributed by atoms with Crippen LogP contribution in [0.15, 0.2) is 146 Å². The van der Waals surface area contributed by atoms with E-state index in [0.717, 1.165) is 0 Å². The molecular formula is C30H26N2. The van der Waals surface area contributed by atoms with E-state index in [0.29, 0.717) is 0 Å². The maximum atomic E-state index is 2.37. The smallest absolute Gasteiger partial charge is 0.0708 e. The molecule has 0 bridgehead atoms. The van der Waals surface area contributed by atoms with Gasteiger partial charge in [0.15, 0.2) is 0 Å². The summed E-state index contributed by atoms with van der Waals surface area (Å²) in [4.78, 5) is 4.75. The van der Waals surface area contributed by atoms with Gasteiger partial charge in [-0.25, -0.2) is 0 Å². The highest BCUT2D eigenvalue weighted by Crippen LogP contribution is 2.33. The molecule has 4 aromatic rings. The van der Waals surface area contributed by atoms with E-state index >= 15 is 0 Å². The Bertz CT molecular complexity index is 981. The first-order valence-corrected chi connectivity index (χ1v) is 11.1. The van der Waals surface area contributed by atoms with Gasteiger partial charge in [-0.3, -0.25) is 0 Å². The summed E-state index contributed by atoms with van der Waals surface area (Å²) in [5.74, 6) is 0. The number of rotatable bonds is 6. The van der Waals surface area contributed by atoms with Crippen molar-refractivity contribution in [3.63, 3.8) is 0 Å². The highest BCUT2D eigenvalue weighted by Gasteiger charge is 2.23. The van der Waals surface area contributed by atoms with Gasteiger partial charge in [-0.2, -0.15) is 0 Å². The van der Waals surface area contributed by atoms with Crippen LogP contribution in [-0.2, 0) is 0 Å². The van der Waals surface area contributed by atoms with Gasteiger partial charge in [-0.15, -0.1) is 0 Å². The summed E-state index contributed by atoms with van der Waals surface area (Å²) >= 11 is 0. The molecule has 0 heterocycles. The van der Waals surface area contributed by atoms with E-state index in [1.807, 2.05) is 0 Å². The summed E-state index contributed by atoms with van der Waals surface area (Å²) in [6.45, 7) is 0. The van der Waals surface area contributed by atoms with E-state index in [2.05, 4.69) is 155 Å². The fraction of sp³-hybridized carbons (Fsp3) is 0.0667. The summed E-state index contributed by atoms with van der Waals surface area (Å²) < 4.78 is 0. The molecule has 5 rings (SSSR count). The molecule has 2 nitrogen and oxygen atoms in total. The van der Waals surface area contributed by atoms with Gasteiger partial charge in [0.05, 0.1) is 12.1 Å². The van der Waals surface area contributed by atoms with Gasteiger partial charge in [0.25, 0.3) is 0 Å². The second kappa shape index (κ2) is 9.40. The van der Waals surface area contributed by atoms with Crippen molar-refractivity contribution in [3.8, 4) is 0 Å². The molecule has 2 heteroatoms. The van der Waals surface area contributed by atoms with Gasteiger partial charge in [-0.1, -0.05) is 97.1 Å². The van der Waals surface area contributed by atoms with E-state index in [4.69, 9.17) is 0 Å². The molecule has 0 amide bonds. The maximum absolute atomic E-state index is 2.37. The number of hydrogen-bond acceptors (Lipinski definition) is 2. The van der Waals surface area contributed by atoms with Crippen molar-refractivity contribution >= 4 is 22.7 Å². The third-order valence-electron chi connectivity index (χ3n) is 5.74. The highest BCUT2D eigenvalue weighted by molar-refractivity contribution is 5.68. The average molecular weight is 415 g/mol. The van der Waals surface area contributed by atoms with Crippen LogP contribution in [0.4, 0.5) is 22.7 Å². The maximum Gasteiger partial charge on any atom is 0.0708 e. The van der Waals surface area contributed by atoms with Crippen LogP contribution in [0.5, 0.6) is 0 Å². The zero-order valence-electron chi connectivity index (χ0n) is 17.9. The first-order chi connectivity index (χ1) is 15.9. The van der Waals surface area contributed by atoms with Crippen LogP contribution in [0.25, 0.3) is 0 Å². The Balaban J connectivity index is 1.48. The van der Waals surface area contributed by atoms with Gasteiger partial charge in [0.1, 0.15) is 0 Å². The minimum atomic E-state index is 0.143. The Morgan fingerprint density at radius 1 is 0.312 bits per heavy atom. The van der Waals surface area contributed by atoms with Crippen LogP contribution in [0.2, 0.25) is 0 Å². The Morgan fingerprint density at radius 2 is 0.531 bits per heavy atom. The SMILES string of the molecule is C1=CC(N(c2ccccc2)c2ccccc2)C=CC1N(c1ccccc1)c1ccccc1. The molecule has 0 spiro atoms. The zero-order chi connectivity index (χ0) is 21.6. The number of anilines is 4. The predicted octanol–water partition coefficient (Wildman–Crippen LogP) is 7.53. The molecule has 0 saturated heterocycles. The van der Waals surface area contributed by atoms with E-state index in [9.17, 15) is 0 Å². The lowest BCUT2D eigenvalue weighted by atomic mass is 10.0. The molecular weight excluding hydrogens is 388 g/mol. The molecule has 0 saturated carbocycles. The first-order valence-electron chi connectivity index (χ1n) is 11.1. The van der Waals surface area contributed by atoms with Crippen molar-refractivity contribution in [2.24, 2.45) is 0 Å².